The van der Waals surface area contributed by atoms with Crippen LogP contribution in [0.15, 0.2) is 114 Å². The average molecular weight is 1310 g/mol. The molecule has 0 spiro atoms. The highest BCUT2D eigenvalue weighted by molar-refractivity contribution is 7.90. The Morgan fingerprint density at radius 2 is 1.67 bits per heavy atom. The molecule has 486 valence electrons. The molecule has 26 heteroatoms. The second-order valence-corrected chi connectivity index (χ2v) is 26.5. The van der Waals surface area contributed by atoms with Gasteiger partial charge in [0, 0.05) is 98.8 Å². The first-order valence-corrected chi connectivity index (χ1v) is 32.8. The van der Waals surface area contributed by atoms with Crippen molar-refractivity contribution in [2.45, 2.75) is 69.7 Å². The number of aromatic amines is 1. The number of nitro groups is 1. The lowest BCUT2D eigenvalue weighted by Gasteiger charge is -2.39. The number of sulfonamides is 1. The van der Waals surface area contributed by atoms with Gasteiger partial charge in [0.25, 0.3) is 33.4 Å². The third-order valence-corrected chi connectivity index (χ3v) is 18.9. The molecule has 2 aromatic heterocycles. The van der Waals surface area contributed by atoms with Gasteiger partial charge >= 0.3 is 0 Å². The number of imide groups is 2. The highest BCUT2D eigenvalue weighted by atomic mass is 35.5. The minimum Gasteiger partial charge on any atom is -0.455 e. The average Bonchev–Trinajstić information content (AvgIpc) is 1.63. The van der Waals surface area contributed by atoms with E-state index < -0.39 is 61.1 Å². The van der Waals surface area contributed by atoms with Crippen LogP contribution in [0.25, 0.3) is 16.6 Å². The topological polar surface area (TPSA) is 294 Å². The van der Waals surface area contributed by atoms with Crippen molar-refractivity contribution in [1.82, 2.24) is 34.7 Å². The van der Waals surface area contributed by atoms with Crippen LogP contribution < -0.4 is 25.0 Å². The van der Waals surface area contributed by atoms with E-state index in [0.717, 1.165) is 67.4 Å². The fourth-order valence-electron chi connectivity index (χ4n) is 12.4. The number of nitrogens with one attached hydrogen (secondary N) is 4. The summed E-state index contributed by atoms with van der Waals surface area (Å²) >= 11 is 6.27. The van der Waals surface area contributed by atoms with Crippen molar-refractivity contribution in [3.63, 3.8) is 0 Å². The predicted molar refractivity (Wildman–Crippen MR) is 345 cm³/mol. The second kappa shape index (κ2) is 28.9. The third-order valence-electron chi connectivity index (χ3n) is 17.3. The van der Waals surface area contributed by atoms with Crippen LogP contribution >= 0.6 is 11.6 Å². The van der Waals surface area contributed by atoms with Crippen LogP contribution in [0.2, 0.25) is 5.02 Å². The van der Waals surface area contributed by atoms with E-state index in [1.54, 1.807) is 41.4 Å². The van der Waals surface area contributed by atoms with Gasteiger partial charge in [0.1, 0.15) is 42.1 Å². The maximum atomic E-state index is 14.2. The lowest BCUT2D eigenvalue weighted by Crippen LogP contribution is -2.54. The summed E-state index contributed by atoms with van der Waals surface area (Å²) < 4.78 is 53.2. The number of hydrogen-bond donors (Lipinski definition) is 4. The van der Waals surface area contributed by atoms with Crippen LogP contribution in [0, 0.1) is 33.3 Å². The van der Waals surface area contributed by atoms with Gasteiger partial charge in [-0.25, -0.2) is 18.1 Å². The van der Waals surface area contributed by atoms with E-state index in [9.17, 15) is 47.3 Å². The summed E-state index contributed by atoms with van der Waals surface area (Å²) in [6.07, 6.45) is 7.79. The zero-order chi connectivity index (χ0) is 65.4. The van der Waals surface area contributed by atoms with Crippen LogP contribution in [-0.4, -0.2) is 171 Å². The van der Waals surface area contributed by atoms with Crippen molar-refractivity contribution in [2.24, 2.45) is 11.3 Å². The Hall–Kier alpha value is -9.03. The molecule has 93 heavy (non-hydrogen) atoms. The SMILES string of the molecule is CC1(C)CCC(CN2CCN(c3ccc(C(=O)NS(=O)(=O)c4ccc(NCC5CCCN(C(=O)COCCOCCOCC#Cc6cccc7c6C(=O)N(C6CCC(=O)NC6=O)C7=O)C5)c([N+](=O)[O-])c4)c(Oc4cnc5[nH]ccc5c4)c3)CC2)=C(c2ccc(Cl)cc2)C1. The lowest BCUT2D eigenvalue weighted by atomic mass is 9.72. The summed E-state index contributed by atoms with van der Waals surface area (Å²) in [7, 11) is -4.69. The predicted octanol–water partition coefficient (Wildman–Crippen LogP) is 7.97. The maximum Gasteiger partial charge on any atom is 0.293 e. The molecule has 11 rings (SSSR count). The number of benzene rings is 4. The molecule has 4 aromatic carbocycles. The van der Waals surface area contributed by atoms with E-state index in [1.807, 2.05) is 18.2 Å². The van der Waals surface area contributed by atoms with Gasteiger partial charge in [-0.15, -0.1) is 0 Å². The molecule has 0 saturated carbocycles. The van der Waals surface area contributed by atoms with Gasteiger partial charge in [-0.1, -0.05) is 61.1 Å². The number of likely N-dealkylation sites (tertiary alicyclic amines) is 1. The van der Waals surface area contributed by atoms with Crippen LogP contribution in [0.5, 0.6) is 11.5 Å². The molecule has 0 radical (unpaired) electrons. The Morgan fingerprint density at radius 3 is 2.45 bits per heavy atom. The van der Waals surface area contributed by atoms with Gasteiger partial charge in [0.2, 0.25) is 17.7 Å². The fourth-order valence-corrected chi connectivity index (χ4v) is 13.5. The Morgan fingerprint density at radius 1 is 0.882 bits per heavy atom. The number of nitro benzene ring substituents is 1. The van der Waals surface area contributed by atoms with Crippen molar-refractivity contribution in [3.05, 3.63) is 152 Å². The Balaban J connectivity index is 0.640. The van der Waals surface area contributed by atoms with Crippen molar-refractivity contribution < 1.29 is 61.1 Å². The number of fused-ring (bicyclic) bond motifs is 2. The van der Waals surface area contributed by atoms with Crippen LogP contribution in [0.1, 0.15) is 101 Å². The molecule has 4 aliphatic heterocycles. The standard InChI is InChI=1S/C67H71ClN10O14S/c1-67(2)22-20-47(54(37-67)44-10-12-48(68)13-11-44)41-74-25-27-75(28-26-74)49-14-16-52(58(35-49)92-50-34-46-21-23-69-62(46)71-39-50)63(81)73-93(87,88)51-15-17-55(57(36-51)78(85)86)70-38-43-6-4-24-76(40-43)60(80)42-91-33-32-90-31-30-89-29-5-8-45-7-3-9-53-61(45)66(84)77(65(53)83)56-18-19-59(79)72-64(56)82/h3,7,9-17,21,23,34-36,39,43,56,70H,4,6,18-20,22,24-33,37-38,40-42H2,1-2H3,(H,69,71)(H,73,81)(H,72,79,82). The molecule has 6 amide bonds. The molecule has 6 aromatic rings. The molecular weight excluding hydrogens is 1240 g/mol. The quantitative estimate of drug-likeness (QED) is 0.0155. The van der Waals surface area contributed by atoms with E-state index in [4.69, 9.17) is 30.5 Å². The maximum absolute atomic E-state index is 14.2. The number of hydrogen-bond acceptors (Lipinski definition) is 18. The molecule has 3 fully saturated rings. The largest absolute Gasteiger partial charge is 0.455 e. The minimum absolute atomic E-state index is 0.00684. The van der Waals surface area contributed by atoms with Crippen molar-refractivity contribution in [2.75, 3.05) is 102 Å². The van der Waals surface area contributed by atoms with Crippen LogP contribution in [0.4, 0.5) is 17.1 Å². The Kier molecular flexibility index (Phi) is 20.3. The summed E-state index contributed by atoms with van der Waals surface area (Å²) in [5, 5.41) is 19.2. The second-order valence-electron chi connectivity index (χ2n) is 24.4. The number of pyridine rings is 1. The zero-order valence-corrected chi connectivity index (χ0v) is 53.1. The smallest absolute Gasteiger partial charge is 0.293 e. The number of H-pyrrole nitrogens is 1. The van der Waals surface area contributed by atoms with E-state index in [-0.39, 0.29) is 104 Å². The van der Waals surface area contributed by atoms with Gasteiger partial charge in [0.05, 0.1) is 59.1 Å². The van der Waals surface area contributed by atoms with E-state index in [1.165, 1.54) is 47.2 Å². The summed E-state index contributed by atoms with van der Waals surface area (Å²) in [6, 6.07) is 23.6. The van der Waals surface area contributed by atoms with Gasteiger partial charge in [-0.3, -0.25) is 54.0 Å². The van der Waals surface area contributed by atoms with Gasteiger partial charge in [-0.05, 0) is 122 Å². The van der Waals surface area contributed by atoms with Gasteiger partial charge in [-0.2, -0.15) is 0 Å². The molecule has 5 aliphatic rings. The number of ether oxygens (including phenoxy) is 4. The number of carbonyl (C=O) groups is 6. The first kappa shape index (κ1) is 65.5. The number of piperidine rings is 2. The molecule has 3 saturated heterocycles. The van der Waals surface area contributed by atoms with Crippen molar-refractivity contribution >= 4 is 90.7 Å². The summed E-state index contributed by atoms with van der Waals surface area (Å²) in [5.41, 5.74) is 5.58. The Labute approximate surface area is 542 Å². The molecule has 2 atom stereocenters. The zero-order valence-electron chi connectivity index (χ0n) is 51.5. The molecule has 6 heterocycles. The van der Waals surface area contributed by atoms with E-state index >= 15 is 0 Å². The number of aromatic nitrogens is 2. The third kappa shape index (κ3) is 15.7. The number of anilines is 2. The number of nitrogens with zero attached hydrogens (tertiary/aromatic N) is 6. The van der Waals surface area contributed by atoms with E-state index in [2.05, 4.69) is 72.9 Å². The number of allylic oxidation sites excluding steroid dienone is 1. The molecule has 1 aliphatic carbocycles. The van der Waals surface area contributed by atoms with E-state index in [0.29, 0.717) is 54.6 Å². The first-order valence-electron chi connectivity index (χ1n) is 30.9. The molecule has 24 nitrogen and oxygen atoms in total. The van der Waals surface area contributed by atoms with Crippen molar-refractivity contribution in [3.8, 4) is 23.3 Å². The fraction of sp³-hybridized carbons (Fsp3) is 0.388. The Bertz CT molecular complexity index is 4100. The molecular formula is C67H71ClN10O14S. The highest BCUT2D eigenvalue weighted by Gasteiger charge is 2.45. The molecule has 4 N–H and O–H groups in total. The highest BCUT2D eigenvalue weighted by Crippen LogP contribution is 2.44. The minimum atomic E-state index is -4.69. The van der Waals surface area contributed by atoms with Gasteiger partial charge < -0.3 is 39.0 Å². The first-order chi connectivity index (χ1) is 44.8. The van der Waals surface area contributed by atoms with Crippen LogP contribution in [0.3, 0.4) is 0 Å². The van der Waals surface area contributed by atoms with Crippen LogP contribution in [-0.2, 0) is 38.6 Å². The molecule has 2 unspecified atom stereocenters. The summed E-state index contributed by atoms with van der Waals surface area (Å²) in [6.45, 7) is 9.99. The monoisotopic (exact) mass is 1310 g/mol. The summed E-state index contributed by atoms with van der Waals surface area (Å²) in [4.78, 5) is 104. The number of halogens is 1. The summed E-state index contributed by atoms with van der Waals surface area (Å²) in [5.74, 6) is 2.30. The normalized spacial score (nSPS) is 18.5. The number of rotatable bonds is 23. The number of carbonyl (C=O) groups excluding carboxylic acids is 6. The number of amides is 6. The number of piperazine rings is 1. The lowest BCUT2D eigenvalue weighted by molar-refractivity contribution is -0.384. The molecule has 0 bridgehead atoms. The van der Waals surface area contributed by atoms with Gasteiger partial charge in [0.15, 0.2) is 0 Å². The van der Waals surface area contributed by atoms with Crippen molar-refractivity contribution in [1.29, 1.82) is 0 Å².